The van der Waals surface area contributed by atoms with Gasteiger partial charge in [0.25, 0.3) is 0 Å². The maximum absolute atomic E-state index is 2.41. The molecule has 7 aromatic heterocycles. The zero-order valence-corrected chi connectivity index (χ0v) is 83.2. The van der Waals surface area contributed by atoms with Gasteiger partial charge in [0.05, 0.1) is 0 Å². The van der Waals surface area contributed by atoms with Gasteiger partial charge in [-0.15, -0.1) is 79.4 Å². The van der Waals surface area contributed by atoms with E-state index in [2.05, 4.69) is 228 Å². The Morgan fingerprint density at radius 1 is 0.194 bits per heavy atom. The standard InChI is InChI=1S/C17H30S.C16H28S.2C15H26S.C14H24S.C13H22S.C11H18S/c1-5-6-7-8-9-10-11-12-13-17-14(2)15(3)18-16(17)4;1-6-7-8-9-10-12(2)11-16-13(3)14(4)17-15(16)5;1-6-8-9-14(7-2)10-15-11(3)12(4)16-13(15)5;1-5-6-7-8-9-10-11-15-12(2)13(3)16-14(15)4;1-9(2)7-13-11(5)15-12(6)14(13)8-10(3)4;1-5-6-7-8-9-13-10(2)11(3)14-12(13)4;1-7(2)6-11-8(3)9(4)12-10(11)5/h5-13H2,1-4H3;12H,6-11H2,1-5H3;14H,6-10H2,1-5H3;5-11H2,1-4H3;9-10H,7-8H2,1-6H3;5-9H2,1-4H3;7H,6H2,1-5H3. The van der Waals surface area contributed by atoms with Crippen LogP contribution in [0.1, 0.15) is 410 Å². The molecule has 7 aromatic rings. The molecule has 0 nitrogen and oxygen atoms in total. The second kappa shape index (κ2) is 58.7. The van der Waals surface area contributed by atoms with Gasteiger partial charge in [-0.1, -0.05) is 244 Å². The lowest BCUT2D eigenvalue weighted by atomic mass is 9.90. The third-order valence-corrected chi connectivity index (χ3v) is 31.2. The number of hydrogen-bond donors (Lipinski definition) is 0. The van der Waals surface area contributed by atoms with Crippen molar-refractivity contribution in [2.75, 3.05) is 0 Å². The van der Waals surface area contributed by atoms with Gasteiger partial charge in [0.15, 0.2) is 0 Å². The van der Waals surface area contributed by atoms with Crippen molar-refractivity contribution < 1.29 is 0 Å². The number of thiophene rings is 7. The molecule has 0 amide bonds. The maximum Gasteiger partial charge on any atom is 0.00519 e. The molecule has 620 valence electrons. The van der Waals surface area contributed by atoms with E-state index in [0.717, 1.165) is 29.6 Å². The summed E-state index contributed by atoms with van der Waals surface area (Å²) in [6, 6.07) is 0. The first-order chi connectivity index (χ1) is 51.1. The van der Waals surface area contributed by atoms with Crippen LogP contribution in [0.5, 0.6) is 0 Å². The zero-order chi connectivity index (χ0) is 81.8. The van der Waals surface area contributed by atoms with Crippen LogP contribution in [0, 0.1) is 168 Å². The van der Waals surface area contributed by atoms with Crippen molar-refractivity contribution in [2.24, 2.45) is 29.6 Å². The second-order valence-corrected chi connectivity index (χ2v) is 44.2. The summed E-state index contributed by atoms with van der Waals surface area (Å²) < 4.78 is 0. The topological polar surface area (TPSA) is 0 Å². The van der Waals surface area contributed by atoms with Gasteiger partial charge >= 0.3 is 0 Å². The Morgan fingerprint density at radius 2 is 0.407 bits per heavy atom. The predicted octanol–water partition coefficient (Wildman–Crippen LogP) is 36.6. The third-order valence-electron chi connectivity index (χ3n) is 23.1. The Labute approximate surface area is 702 Å². The molecular formula is C101H174S7. The lowest BCUT2D eigenvalue weighted by molar-refractivity contribution is 0.448. The molecule has 0 radical (unpaired) electrons. The van der Waals surface area contributed by atoms with E-state index in [1.54, 1.807) is 91.8 Å². The normalized spacial score (nSPS) is 11.7. The summed E-state index contributed by atoms with van der Waals surface area (Å²) in [7, 11) is 0. The van der Waals surface area contributed by atoms with Crippen molar-refractivity contribution in [3.63, 3.8) is 0 Å². The van der Waals surface area contributed by atoms with Crippen LogP contribution in [0.15, 0.2) is 0 Å². The predicted molar refractivity (Wildman–Crippen MR) is 510 cm³/mol. The molecule has 108 heavy (non-hydrogen) atoms. The molecule has 0 saturated heterocycles. The van der Waals surface area contributed by atoms with E-state index in [9.17, 15) is 0 Å². The Kier molecular flexibility index (Phi) is 56.5. The summed E-state index contributed by atoms with van der Waals surface area (Å²) in [5.41, 5.74) is 22.3. The molecule has 2 atom stereocenters. The van der Waals surface area contributed by atoms with Crippen LogP contribution in [0.2, 0.25) is 0 Å². The van der Waals surface area contributed by atoms with Gasteiger partial charge in [0, 0.05) is 68.3 Å². The van der Waals surface area contributed by atoms with E-state index in [1.165, 1.54) is 279 Å². The Morgan fingerprint density at radius 3 is 0.667 bits per heavy atom. The third kappa shape index (κ3) is 40.0. The first-order valence-electron chi connectivity index (χ1n) is 44.5. The van der Waals surface area contributed by atoms with Gasteiger partial charge in [-0.05, 0) is 317 Å². The van der Waals surface area contributed by atoms with Crippen molar-refractivity contribution in [1.29, 1.82) is 0 Å². The molecule has 7 heterocycles. The number of hydrogen-bond acceptors (Lipinski definition) is 7. The SMILES string of the molecule is CCCCC(CC)Cc1c(C)sc(C)c1C.CCCCCCC(C)Cc1c(C)sc(C)c1C.CCCCCCCCCCc1c(C)sc(C)c1C.CCCCCCCCc1c(C)sc(C)c1C.CCCCCCc1c(C)sc(C)c1C.Cc1sc(C)c(CC(C)C)c1C.Cc1sc(C)c(CC(C)C)c1CC(C)C. The maximum atomic E-state index is 2.41. The van der Waals surface area contributed by atoms with Crippen molar-refractivity contribution in [1.82, 2.24) is 0 Å². The minimum absolute atomic E-state index is 0.767. The van der Waals surface area contributed by atoms with Crippen LogP contribution in [-0.2, 0) is 51.4 Å². The fourth-order valence-corrected chi connectivity index (χ4v) is 23.2. The number of aryl methyl sites for hydroxylation is 14. The molecule has 0 aromatic carbocycles. The Bertz CT molecular complexity index is 3410. The van der Waals surface area contributed by atoms with Gasteiger partial charge in [0.2, 0.25) is 0 Å². The fourth-order valence-electron chi connectivity index (χ4n) is 15.4. The highest BCUT2D eigenvalue weighted by atomic mass is 32.1. The molecule has 0 aliphatic rings. The highest BCUT2D eigenvalue weighted by Gasteiger charge is 2.19. The molecule has 0 aliphatic heterocycles. The van der Waals surface area contributed by atoms with E-state index in [4.69, 9.17) is 0 Å². The molecule has 7 heteroatoms. The largest absolute Gasteiger partial charge is 0.145 e. The zero-order valence-electron chi connectivity index (χ0n) is 77.5. The fraction of sp³-hybridized carbons (Fsp3) is 0.723. The quantitative estimate of drug-likeness (QED) is 0.0336. The van der Waals surface area contributed by atoms with E-state index >= 15 is 0 Å². The minimum atomic E-state index is 0.767. The van der Waals surface area contributed by atoms with Crippen LogP contribution >= 0.6 is 79.4 Å². The van der Waals surface area contributed by atoms with Gasteiger partial charge in [-0.2, -0.15) is 0 Å². The summed E-state index contributed by atoms with van der Waals surface area (Å²) in [6.45, 7) is 75.3. The molecular weight excluding hydrogens is 1440 g/mol. The van der Waals surface area contributed by atoms with E-state index in [0.29, 0.717) is 0 Å². The summed E-state index contributed by atoms with van der Waals surface area (Å²) in [5.74, 6) is 4.05. The molecule has 0 fully saturated rings. The molecule has 2 unspecified atom stereocenters. The average Bonchev–Trinajstić information content (AvgIpc) is 1.72. The van der Waals surface area contributed by atoms with Crippen LogP contribution < -0.4 is 0 Å². The van der Waals surface area contributed by atoms with Crippen molar-refractivity contribution in [3.05, 3.63) is 146 Å². The lowest BCUT2D eigenvalue weighted by Gasteiger charge is -2.15. The van der Waals surface area contributed by atoms with Gasteiger partial charge in [-0.25, -0.2) is 0 Å². The van der Waals surface area contributed by atoms with Gasteiger partial charge < -0.3 is 0 Å². The summed E-state index contributed by atoms with van der Waals surface area (Å²) in [4.78, 5) is 21.4. The van der Waals surface area contributed by atoms with Gasteiger partial charge in [-0.3, -0.25) is 0 Å². The molecule has 0 saturated carbocycles. The summed E-state index contributed by atoms with van der Waals surface area (Å²) in [5, 5.41) is 0. The van der Waals surface area contributed by atoms with Gasteiger partial charge in [0.1, 0.15) is 0 Å². The minimum Gasteiger partial charge on any atom is -0.145 e. The second-order valence-electron chi connectivity index (χ2n) is 34.2. The Hall–Kier alpha value is -2.10. The van der Waals surface area contributed by atoms with E-state index in [-0.39, 0.29) is 0 Å². The van der Waals surface area contributed by atoms with Crippen LogP contribution in [0.4, 0.5) is 0 Å². The Balaban J connectivity index is 0.000000632. The first kappa shape index (κ1) is 104. The average molecular weight is 1610 g/mol. The lowest BCUT2D eigenvalue weighted by Crippen LogP contribution is -2.04. The highest BCUT2D eigenvalue weighted by molar-refractivity contribution is 7.14. The number of rotatable bonds is 40. The monoisotopic (exact) mass is 1610 g/mol. The highest BCUT2D eigenvalue weighted by Crippen LogP contribution is 2.36. The van der Waals surface area contributed by atoms with E-state index < -0.39 is 0 Å². The molecule has 0 N–H and O–H groups in total. The first-order valence-corrected chi connectivity index (χ1v) is 50.2. The summed E-state index contributed by atoms with van der Waals surface area (Å²) in [6.07, 6.45) is 47.9. The smallest absolute Gasteiger partial charge is 0.00519 e. The van der Waals surface area contributed by atoms with Crippen molar-refractivity contribution >= 4 is 79.4 Å². The molecule has 7 rings (SSSR count). The number of unbranched alkanes of at least 4 members (excludes halogenated alkanes) is 19. The molecule has 0 aliphatic carbocycles. The van der Waals surface area contributed by atoms with Crippen LogP contribution in [0.3, 0.4) is 0 Å². The van der Waals surface area contributed by atoms with E-state index in [1.807, 2.05) is 79.4 Å². The molecule has 0 spiro atoms. The molecule has 0 bridgehead atoms. The van der Waals surface area contributed by atoms with Crippen molar-refractivity contribution in [3.8, 4) is 0 Å². The summed E-state index contributed by atoms with van der Waals surface area (Å²) >= 11 is 13.8. The van der Waals surface area contributed by atoms with Crippen LogP contribution in [-0.4, -0.2) is 0 Å². The van der Waals surface area contributed by atoms with Crippen molar-refractivity contribution in [2.45, 2.75) is 453 Å². The van der Waals surface area contributed by atoms with Crippen LogP contribution in [0.25, 0.3) is 0 Å².